The first-order chi connectivity index (χ1) is 6.77. The topological polar surface area (TPSA) is 26.3 Å². The number of hydrogen-bond acceptors (Lipinski definition) is 2. The predicted octanol–water partition coefficient (Wildman–Crippen LogP) is 2.36. The van der Waals surface area contributed by atoms with Crippen LogP contribution in [0.1, 0.15) is 18.9 Å². The van der Waals surface area contributed by atoms with Gasteiger partial charge in [0.05, 0.1) is 0 Å². The molecule has 0 aliphatic rings. The predicted molar refractivity (Wildman–Crippen MR) is 52.0 cm³/mol. The molecule has 0 fully saturated rings. The van der Waals surface area contributed by atoms with Gasteiger partial charge in [-0.3, -0.25) is 4.79 Å². The van der Waals surface area contributed by atoms with E-state index in [0.29, 0.717) is 17.6 Å². The van der Waals surface area contributed by atoms with Crippen molar-refractivity contribution in [1.82, 2.24) is 0 Å². The van der Waals surface area contributed by atoms with E-state index in [-0.39, 0.29) is 12.4 Å². The molecule has 0 radical (unpaired) electrons. The van der Waals surface area contributed by atoms with Gasteiger partial charge in [-0.1, -0.05) is 19.4 Å². The molecule has 0 atom stereocenters. The van der Waals surface area contributed by atoms with E-state index < -0.39 is 0 Å². The first-order valence-electron chi connectivity index (χ1n) is 4.62. The fourth-order valence-corrected chi connectivity index (χ4v) is 1.22. The highest BCUT2D eigenvalue weighted by atomic mass is 19.1. The third-order valence-electron chi connectivity index (χ3n) is 1.86. The van der Waals surface area contributed by atoms with Gasteiger partial charge < -0.3 is 4.74 Å². The summed E-state index contributed by atoms with van der Waals surface area (Å²) in [7, 11) is 0. The molecule has 0 spiro atoms. The van der Waals surface area contributed by atoms with E-state index in [9.17, 15) is 9.18 Å². The molecule has 76 valence electrons. The molecule has 0 N–H and O–H groups in total. The van der Waals surface area contributed by atoms with Crippen molar-refractivity contribution in [3.8, 4) is 5.75 Å². The van der Waals surface area contributed by atoms with Crippen LogP contribution in [0.2, 0.25) is 0 Å². The number of carbonyl (C=O) groups is 1. The van der Waals surface area contributed by atoms with Crippen molar-refractivity contribution >= 4 is 6.29 Å². The number of rotatable bonds is 5. The molecule has 1 aromatic rings. The highest BCUT2D eigenvalue weighted by Gasteiger charge is 2.02. The molecule has 0 saturated carbocycles. The number of halogens is 1. The van der Waals surface area contributed by atoms with Gasteiger partial charge in [-0.05, 0) is 18.1 Å². The van der Waals surface area contributed by atoms with Crippen molar-refractivity contribution in [2.75, 3.05) is 6.61 Å². The van der Waals surface area contributed by atoms with E-state index in [0.717, 1.165) is 12.8 Å². The molecular weight excluding hydrogens is 183 g/mol. The second kappa shape index (κ2) is 5.37. The van der Waals surface area contributed by atoms with Gasteiger partial charge in [0.1, 0.15) is 18.2 Å². The Hall–Kier alpha value is -1.38. The molecule has 0 aromatic heterocycles. The van der Waals surface area contributed by atoms with E-state index in [1.54, 1.807) is 12.1 Å². The maximum absolute atomic E-state index is 13.3. The number of carbonyl (C=O) groups excluding carboxylic acids is 1. The molecule has 0 aliphatic heterocycles. The van der Waals surface area contributed by atoms with Crippen LogP contribution in [0.25, 0.3) is 0 Å². The number of aldehydes is 1. The van der Waals surface area contributed by atoms with Crippen LogP contribution in [0.5, 0.6) is 5.75 Å². The lowest BCUT2D eigenvalue weighted by Gasteiger charge is -2.05. The standard InChI is InChI=1S/C11H13FO2/c1-2-3-9-4-5-10(8-11(9)12)14-7-6-13/h4-6,8H,2-3,7H2,1H3. The first kappa shape index (κ1) is 10.7. The largest absolute Gasteiger partial charge is 0.486 e. The summed E-state index contributed by atoms with van der Waals surface area (Å²) in [5.74, 6) is 0.129. The zero-order valence-corrected chi connectivity index (χ0v) is 8.13. The third kappa shape index (κ3) is 2.83. The monoisotopic (exact) mass is 196 g/mol. The Bertz CT molecular complexity index is 310. The van der Waals surface area contributed by atoms with Crippen LogP contribution in [-0.4, -0.2) is 12.9 Å². The molecule has 3 heteroatoms. The molecule has 0 unspecified atom stereocenters. The van der Waals surface area contributed by atoms with Crippen molar-refractivity contribution in [3.63, 3.8) is 0 Å². The van der Waals surface area contributed by atoms with E-state index in [1.807, 2.05) is 6.92 Å². The van der Waals surface area contributed by atoms with Crippen LogP contribution >= 0.6 is 0 Å². The number of ether oxygens (including phenoxy) is 1. The maximum atomic E-state index is 13.3. The molecule has 0 heterocycles. The van der Waals surface area contributed by atoms with Crippen LogP contribution in [-0.2, 0) is 11.2 Å². The lowest BCUT2D eigenvalue weighted by Crippen LogP contribution is -1.99. The molecule has 14 heavy (non-hydrogen) atoms. The van der Waals surface area contributed by atoms with E-state index in [2.05, 4.69) is 0 Å². The van der Waals surface area contributed by atoms with Crippen molar-refractivity contribution in [2.45, 2.75) is 19.8 Å². The number of aryl methyl sites for hydroxylation is 1. The average Bonchev–Trinajstić information content (AvgIpc) is 2.19. The minimum Gasteiger partial charge on any atom is -0.486 e. The van der Waals surface area contributed by atoms with Crippen LogP contribution in [0, 0.1) is 5.82 Å². The Balaban J connectivity index is 2.72. The quantitative estimate of drug-likeness (QED) is 0.676. The number of hydrogen-bond donors (Lipinski definition) is 0. The Morgan fingerprint density at radius 1 is 1.50 bits per heavy atom. The summed E-state index contributed by atoms with van der Waals surface area (Å²) < 4.78 is 18.3. The second-order valence-electron chi connectivity index (χ2n) is 2.98. The molecule has 0 amide bonds. The minimum absolute atomic E-state index is 0.0352. The first-order valence-corrected chi connectivity index (χ1v) is 4.62. The summed E-state index contributed by atoms with van der Waals surface area (Å²) >= 11 is 0. The van der Waals surface area contributed by atoms with E-state index in [4.69, 9.17) is 4.74 Å². The molecule has 0 aliphatic carbocycles. The van der Waals surface area contributed by atoms with E-state index >= 15 is 0 Å². The summed E-state index contributed by atoms with van der Waals surface area (Å²) in [6.45, 7) is 1.96. The molecule has 0 saturated heterocycles. The van der Waals surface area contributed by atoms with Crippen molar-refractivity contribution < 1.29 is 13.9 Å². The van der Waals surface area contributed by atoms with Crippen LogP contribution in [0.4, 0.5) is 4.39 Å². The Morgan fingerprint density at radius 2 is 2.29 bits per heavy atom. The van der Waals surface area contributed by atoms with Gasteiger partial charge in [-0.2, -0.15) is 0 Å². The van der Waals surface area contributed by atoms with Crippen LogP contribution in [0.15, 0.2) is 18.2 Å². The molecule has 2 nitrogen and oxygen atoms in total. The molecule has 1 aromatic carbocycles. The summed E-state index contributed by atoms with van der Waals surface area (Å²) in [6.07, 6.45) is 2.27. The Labute approximate surface area is 82.7 Å². The SMILES string of the molecule is CCCc1ccc(OCC=O)cc1F. The van der Waals surface area contributed by atoms with Gasteiger partial charge in [0.2, 0.25) is 0 Å². The van der Waals surface area contributed by atoms with Gasteiger partial charge in [-0.15, -0.1) is 0 Å². The fraction of sp³-hybridized carbons (Fsp3) is 0.364. The lowest BCUT2D eigenvalue weighted by molar-refractivity contribution is -0.109. The molecule has 1 rings (SSSR count). The van der Waals surface area contributed by atoms with Crippen LogP contribution < -0.4 is 4.74 Å². The maximum Gasteiger partial charge on any atom is 0.157 e. The highest BCUT2D eigenvalue weighted by Crippen LogP contribution is 2.17. The third-order valence-corrected chi connectivity index (χ3v) is 1.86. The summed E-state index contributed by atoms with van der Waals surface area (Å²) in [4.78, 5) is 10.0. The summed E-state index contributed by atoms with van der Waals surface area (Å²) in [5, 5.41) is 0. The minimum atomic E-state index is -0.268. The van der Waals surface area contributed by atoms with Gasteiger partial charge in [0.25, 0.3) is 0 Å². The molecule has 0 bridgehead atoms. The lowest BCUT2D eigenvalue weighted by atomic mass is 10.1. The fourth-order valence-electron chi connectivity index (χ4n) is 1.22. The number of benzene rings is 1. The smallest absolute Gasteiger partial charge is 0.157 e. The van der Waals surface area contributed by atoms with Crippen LogP contribution in [0.3, 0.4) is 0 Å². The average molecular weight is 196 g/mol. The Kier molecular flexibility index (Phi) is 4.11. The van der Waals surface area contributed by atoms with Gasteiger partial charge in [0, 0.05) is 6.07 Å². The van der Waals surface area contributed by atoms with Crippen molar-refractivity contribution in [3.05, 3.63) is 29.6 Å². The second-order valence-corrected chi connectivity index (χ2v) is 2.98. The summed E-state index contributed by atoms with van der Waals surface area (Å²) in [6, 6.07) is 4.69. The van der Waals surface area contributed by atoms with E-state index in [1.165, 1.54) is 6.07 Å². The van der Waals surface area contributed by atoms with Gasteiger partial charge in [0.15, 0.2) is 6.29 Å². The van der Waals surface area contributed by atoms with Gasteiger partial charge >= 0.3 is 0 Å². The Morgan fingerprint density at radius 3 is 2.86 bits per heavy atom. The zero-order valence-electron chi connectivity index (χ0n) is 8.13. The highest BCUT2D eigenvalue weighted by molar-refractivity contribution is 5.51. The zero-order chi connectivity index (χ0) is 10.4. The molecular formula is C11H13FO2. The van der Waals surface area contributed by atoms with Crippen molar-refractivity contribution in [2.24, 2.45) is 0 Å². The normalized spacial score (nSPS) is 9.86. The van der Waals surface area contributed by atoms with Crippen molar-refractivity contribution in [1.29, 1.82) is 0 Å². The summed E-state index contributed by atoms with van der Waals surface area (Å²) in [5.41, 5.74) is 0.686. The van der Waals surface area contributed by atoms with Gasteiger partial charge in [-0.25, -0.2) is 4.39 Å².